The topological polar surface area (TPSA) is 39.4 Å². The molecule has 22 heavy (non-hydrogen) atoms. The number of rotatable bonds is 3. The number of ether oxygens (including phenoxy) is 1. The fourth-order valence-electron chi connectivity index (χ4n) is 2.48. The zero-order chi connectivity index (χ0) is 15.7. The van der Waals surface area contributed by atoms with Crippen molar-refractivity contribution in [2.24, 2.45) is 0 Å². The molecular formula is C19H18O3. The molecule has 0 radical (unpaired) electrons. The van der Waals surface area contributed by atoms with E-state index in [4.69, 9.17) is 9.15 Å². The molecule has 0 saturated heterocycles. The molecule has 3 nitrogen and oxygen atoms in total. The van der Waals surface area contributed by atoms with E-state index < -0.39 is 0 Å². The standard InChI is InChI=1S/C19H18O3/c1-12(2)13-4-6-14(7-5-13)17-11-22-18-10-15(21-3)8-9-16(18)19(17)20/h4-12H,1-3H3. The molecule has 3 heteroatoms. The first-order valence-electron chi connectivity index (χ1n) is 7.30. The summed E-state index contributed by atoms with van der Waals surface area (Å²) in [6.07, 6.45) is 1.52. The lowest BCUT2D eigenvalue weighted by Gasteiger charge is -2.07. The van der Waals surface area contributed by atoms with Crippen molar-refractivity contribution in [3.05, 3.63) is 64.5 Å². The van der Waals surface area contributed by atoms with Crippen LogP contribution in [0, 0.1) is 0 Å². The summed E-state index contributed by atoms with van der Waals surface area (Å²) in [5.74, 6) is 1.14. The molecule has 2 aromatic carbocycles. The molecule has 1 aromatic heterocycles. The predicted molar refractivity (Wildman–Crippen MR) is 88.6 cm³/mol. The molecule has 3 aromatic rings. The maximum absolute atomic E-state index is 12.6. The predicted octanol–water partition coefficient (Wildman–Crippen LogP) is 4.59. The number of fused-ring (bicyclic) bond motifs is 1. The number of hydrogen-bond acceptors (Lipinski definition) is 3. The first-order valence-corrected chi connectivity index (χ1v) is 7.30. The molecule has 112 valence electrons. The number of methoxy groups -OCH3 is 1. The Labute approximate surface area is 129 Å². The molecule has 0 atom stereocenters. The second-order valence-corrected chi connectivity index (χ2v) is 5.62. The second kappa shape index (κ2) is 5.68. The van der Waals surface area contributed by atoms with Gasteiger partial charge in [0.1, 0.15) is 17.6 Å². The van der Waals surface area contributed by atoms with Crippen molar-refractivity contribution in [3.8, 4) is 16.9 Å². The normalized spacial score (nSPS) is 11.1. The van der Waals surface area contributed by atoms with Crippen LogP contribution in [0.1, 0.15) is 25.3 Å². The van der Waals surface area contributed by atoms with Gasteiger partial charge in [-0.15, -0.1) is 0 Å². The summed E-state index contributed by atoms with van der Waals surface area (Å²) in [6, 6.07) is 13.3. The molecule has 3 rings (SSSR count). The quantitative estimate of drug-likeness (QED) is 0.709. The van der Waals surface area contributed by atoms with Gasteiger partial charge in [0.05, 0.1) is 18.1 Å². The van der Waals surface area contributed by atoms with Crippen LogP contribution < -0.4 is 10.2 Å². The van der Waals surface area contributed by atoms with Gasteiger partial charge in [0.15, 0.2) is 5.43 Å². The van der Waals surface area contributed by atoms with Gasteiger partial charge >= 0.3 is 0 Å². The molecule has 0 spiro atoms. The average molecular weight is 294 g/mol. The van der Waals surface area contributed by atoms with E-state index in [2.05, 4.69) is 26.0 Å². The monoisotopic (exact) mass is 294 g/mol. The van der Waals surface area contributed by atoms with Gasteiger partial charge in [-0.05, 0) is 29.2 Å². The van der Waals surface area contributed by atoms with E-state index in [1.807, 2.05) is 12.1 Å². The van der Waals surface area contributed by atoms with Crippen LogP contribution in [0.4, 0.5) is 0 Å². The molecule has 0 aliphatic rings. The summed E-state index contributed by atoms with van der Waals surface area (Å²) < 4.78 is 10.8. The molecule has 0 aliphatic carbocycles. The molecular weight excluding hydrogens is 276 g/mol. The highest BCUT2D eigenvalue weighted by atomic mass is 16.5. The highest BCUT2D eigenvalue weighted by molar-refractivity contribution is 5.82. The molecule has 0 amide bonds. The van der Waals surface area contributed by atoms with Crippen molar-refractivity contribution in [3.63, 3.8) is 0 Å². The van der Waals surface area contributed by atoms with E-state index in [0.29, 0.717) is 28.2 Å². The summed E-state index contributed by atoms with van der Waals surface area (Å²) in [6.45, 7) is 4.29. The van der Waals surface area contributed by atoms with Crippen LogP contribution in [0.25, 0.3) is 22.1 Å². The minimum Gasteiger partial charge on any atom is -0.497 e. The summed E-state index contributed by atoms with van der Waals surface area (Å²) in [5.41, 5.74) is 3.20. The van der Waals surface area contributed by atoms with Gasteiger partial charge in [-0.25, -0.2) is 0 Å². The van der Waals surface area contributed by atoms with Gasteiger partial charge in [-0.3, -0.25) is 4.79 Å². The van der Waals surface area contributed by atoms with Gasteiger partial charge in [-0.2, -0.15) is 0 Å². The van der Waals surface area contributed by atoms with E-state index in [9.17, 15) is 4.79 Å². The maximum atomic E-state index is 12.6. The van der Waals surface area contributed by atoms with Gasteiger partial charge in [-0.1, -0.05) is 38.1 Å². The third-order valence-electron chi connectivity index (χ3n) is 3.87. The van der Waals surface area contributed by atoms with Crippen molar-refractivity contribution in [1.82, 2.24) is 0 Å². The van der Waals surface area contributed by atoms with Crippen molar-refractivity contribution in [2.75, 3.05) is 7.11 Å². The van der Waals surface area contributed by atoms with Crippen LogP contribution in [-0.4, -0.2) is 7.11 Å². The Balaban J connectivity index is 2.11. The molecule has 0 unspecified atom stereocenters. The Hall–Kier alpha value is -2.55. The van der Waals surface area contributed by atoms with E-state index in [0.717, 1.165) is 5.56 Å². The molecule has 0 aliphatic heterocycles. The van der Waals surface area contributed by atoms with Gasteiger partial charge in [0.2, 0.25) is 0 Å². The molecule has 0 saturated carbocycles. The van der Waals surface area contributed by atoms with Crippen LogP contribution in [0.5, 0.6) is 5.75 Å². The Morgan fingerprint density at radius 2 is 1.77 bits per heavy atom. The van der Waals surface area contributed by atoms with Gasteiger partial charge in [0.25, 0.3) is 0 Å². The largest absolute Gasteiger partial charge is 0.497 e. The molecule has 0 N–H and O–H groups in total. The summed E-state index contributed by atoms with van der Waals surface area (Å²) in [7, 11) is 1.59. The van der Waals surface area contributed by atoms with Crippen LogP contribution >= 0.6 is 0 Å². The third-order valence-corrected chi connectivity index (χ3v) is 3.87. The fourth-order valence-corrected chi connectivity index (χ4v) is 2.48. The number of benzene rings is 2. The summed E-state index contributed by atoms with van der Waals surface area (Å²) in [5, 5.41) is 0.561. The van der Waals surface area contributed by atoms with Crippen LogP contribution in [0.2, 0.25) is 0 Å². The van der Waals surface area contributed by atoms with Gasteiger partial charge < -0.3 is 9.15 Å². The number of hydrogen-bond donors (Lipinski definition) is 0. The Kier molecular flexibility index (Phi) is 3.72. The second-order valence-electron chi connectivity index (χ2n) is 5.62. The first kappa shape index (κ1) is 14.4. The Bertz CT molecular complexity index is 858. The van der Waals surface area contributed by atoms with E-state index in [1.165, 1.54) is 11.8 Å². The fraction of sp³-hybridized carbons (Fsp3) is 0.211. The third kappa shape index (κ3) is 2.50. The summed E-state index contributed by atoms with van der Waals surface area (Å²) in [4.78, 5) is 12.6. The van der Waals surface area contributed by atoms with E-state index >= 15 is 0 Å². The van der Waals surface area contributed by atoms with Crippen molar-refractivity contribution in [2.45, 2.75) is 19.8 Å². The zero-order valence-corrected chi connectivity index (χ0v) is 12.9. The highest BCUT2D eigenvalue weighted by Crippen LogP contribution is 2.24. The maximum Gasteiger partial charge on any atom is 0.200 e. The van der Waals surface area contributed by atoms with Crippen LogP contribution in [-0.2, 0) is 0 Å². The van der Waals surface area contributed by atoms with Crippen molar-refractivity contribution in [1.29, 1.82) is 0 Å². The van der Waals surface area contributed by atoms with Crippen molar-refractivity contribution >= 4 is 11.0 Å². The lowest BCUT2D eigenvalue weighted by atomic mass is 9.99. The zero-order valence-electron chi connectivity index (χ0n) is 12.9. The summed E-state index contributed by atoms with van der Waals surface area (Å²) >= 11 is 0. The van der Waals surface area contributed by atoms with Crippen molar-refractivity contribution < 1.29 is 9.15 Å². The van der Waals surface area contributed by atoms with Crippen LogP contribution in [0.3, 0.4) is 0 Å². The van der Waals surface area contributed by atoms with E-state index in [1.54, 1.807) is 25.3 Å². The lowest BCUT2D eigenvalue weighted by molar-refractivity contribution is 0.414. The minimum atomic E-state index is -0.0267. The van der Waals surface area contributed by atoms with Gasteiger partial charge in [0, 0.05) is 6.07 Å². The Morgan fingerprint density at radius 1 is 1.05 bits per heavy atom. The van der Waals surface area contributed by atoms with Crippen LogP contribution in [0.15, 0.2) is 57.9 Å². The molecule has 0 fully saturated rings. The first-order chi connectivity index (χ1) is 10.6. The molecule has 0 bridgehead atoms. The SMILES string of the molecule is COc1ccc2c(=O)c(-c3ccc(C(C)C)cc3)coc2c1. The lowest BCUT2D eigenvalue weighted by Crippen LogP contribution is -2.04. The van der Waals surface area contributed by atoms with E-state index in [-0.39, 0.29) is 5.43 Å². The Morgan fingerprint density at radius 3 is 2.41 bits per heavy atom. The minimum absolute atomic E-state index is 0.0267. The molecule has 1 heterocycles. The average Bonchev–Trinajstić information content (AvgIpc) is 2.55. The smallest absolute Gasteiger partial charge is 0.200 e. The highest BCUT2D eigenvalue weighted by Gasteiger charge is 2.10.